The van der Waals surface area contributed by atoms with Crippen LogP contribution in [0.15, 0.2) is 18.2 Å². The zero-order valence-electron chi connectivity index (χ0n) is 16.4. The Morgan fingerprint density at radius 1 is 1.12 bits per heavy atom. The molecule has 1 aliphatic carbocycles. The van der Waals surface area contributed by atoms with Gasteiger partial charge in [-0.2, -0.15) is 0 Å². The highest BCUT2D eigenvalue weighted by atomic mass is 28.3. The van der Waals surface area contributed by atoms with Crippen molar-refractivity contribution in [2.45, 2.75) is 50.7 Å². The topological polar surface area (TPSA) is 63.2 Å². The molecule has 1 aliphatic rings. The van der Waals surface area contributed by atoms with Crippen molar-refractivity contribution < 1.29 is 28.5 Å². The first-order chi connectivity index (χ1) is 12.3. The summed E-state index contributed by atoms with van der Waals surface area (Å²) in [6.45, 7) is 8.11. The third-order valence-electron chi connectivity index (χ3n) is 4.31. The van der Waals surface area contributed by atoms with Crippen molar-refractivity contribution in [2.75, 3.05) is 27.6 Å². The molecule has 26 heavy (non-hydrogen) atoms. The highest BCUT2D eigenvalue weighted by Crippen LogP contribution is 2.34. The van der Waals surface area contributed by atoms with E-state index in [0.29, 0.717) is 23.9 Å². The van der Waals surface area contributed by atoms with Crippen molar-refractivity contribution >= 4 is 14.0 Å². The minimum atomic E-state index is -1.05. The van der Waals surface area contributed by atoms with Gasteiger partial charge in [0, 0.05) is 27.5 Å². The molecule has 0 spiro atoms. The number of hydrogen-bond acceptors (Lipinski definition) is 6. The Bertz CT molecular complexity index is 592. The molecule has 0 aromatic heterocycles. The van der Waals surface area contributed by atoms with E-state index in [4.69, 9.17) is 23.7 Å². The second-order valence-corrected chi connectivity index (χ2v) is 13.3. The zero-order valence-corrected chi connectivity index (χ0v) is 17.4. The van der Waals surface area contributed by atoms with Crippen LogP contribution in [-0.2, 0) is 14.2 Å². The first-order valence-corrected chi connectivity index (χ1v) is 12.7. The van der Waals surface area contributed by atoms with Gasteiger partial charge >= 0.3 is 5.97 Å². The summed E-state index contributed by atoms with van der Waals surface area (Å²) in [5.41, 5.74) is 0.432. The molecule has 1 fully saturated rings. The molecule has 0 radical (unpaired) electrons. The van der Waals surface area contributed by atoms with Gasteiger partial charge in [0.05, 0.1) is 25.9 Å². The van der Waals surface area contributed by atoms with Crippen molar-refractivity contribution in [2.24, 2.45) is 0 Å². The quantitative estimate of drug-likeness (QED) is 0.266. The smallest absolute Gasteiger partial charge is 0.337 e. The van der Waals surface area contributed by atoms with Crippen LogP contribution in [0.25, 0.3) is 0 Å². The zero-order chi connectivity index (χ0) is 19.2. The number of benzene rings is 1. The van der Waals surface area contributed by atoms with Crippen molar-refractivity contribution in [3.63, 3.8) is 0 Å². The van der Waals surface area contributed by atoms with Crippen LogP contribution in [0, 0.1) is 0 Å². The van der Waals surface area contributed by atoms with E-state index in [1.165, 1.54) is 7.11 Å². The fraction of sp³-hybridized carbons (Fsp3) is 0.632. The Morgan fingerprint density at radius 3 is 2.46 bits per heavy atom. The summed E-state index contributed by atoms with van der Waals surface area (Å²) >= 11 is 0. The molecule has 0 N–H and O–H groups in total. The lowest BCUT2D eigenvalue weighted by atomic mass is 9.92. The Hall–Kier alpha value is -1.57. The van der Waals surface area contributed by atoms with Crippen LogP contribution < -0.4 is 9.47 Å². The lowest BCUT2D eigenvalue weighted by Gasteiger charge is -2.35. The van der Waals surface area contributed by atoms with E-state index in [9.17, 15) is 4.79 Å². The van der Waals surface area contributed by atoms with E-state index in [1.54, 1.807) is 25.3 Å². The fourth-order valence-electron chi connectivity index (χ4n) is 2.52. The Labute approximate surface area is 156 Å². The van der Waals surface area contributed by atoms with Gasteiger partial charge in [-0.05, 0) is 24.2 Å². The average molecular weight is 383 g/mol. The van der Waals surface area contributed by atoms with Gasteiger partial charge in [-0.1, -0.05) is 19.6 Å². The van der Waals surface area contributed by atoms with Gasteiger partial charge in [0.25, 0.3) is 0 Å². The molecule has 0 saturated heterocycles. The number of carbonyl (C=O) groups is 1. The van der Waals surface area contributed by atoms with Crippen LogP contribution in [0.2, 0.25) is 25.7 Å². The molecular formula is C19H30O6Si. The monoisotopic (exact) mass is 382 g/mol. The Balaban J connectivity index is 1.71. The molecule has 1 aromatic rings. The number of esters is 1. The molecule has 1 saturated carbocycles. The second-order valence-electron chi connectivity index (χ2n) is 7.69. The predicted octanol–water partition coefficient (Wildman–Crippen LogP) is 3.72. The summed E-state index contributed by atoms with van der Waals surface area (Å²) in [4.78, 5) is 11.6. The summed E-state index contributed by atoms with van der Waals surface area (Å²) in [5, 5.41) is 0. The highest BCUT2D eigenvalue weighted by molar-refractivity contribution is 6.76. The number of carbonyl (C=O) groups excluding carboxylic acids is 1. The summed E-state index contributed by atoms with van der Waals surface area (Å²) < 4.78 is 27.2. The van der Waals surface area contributed by atoms with Crippen molar-refractivity contribution in [3.05, 3.63) is 23.8 Å². The maximum Gasteiger partial charge on any atom is 0.337 e. The van der Waals surface area contributed by atoms with E-state index >= 15 is 0 Å². The number of rotatable bonds is 10. The van der Waals surface area contributed by atoms with Crippen LogP contribution >= 0.6 is 0 Å². The molecule has 0 amide bonds. The summed E-state index contributed by atoms with van der Waals surface area (Å²) in [5.74, 6) is 0.739. The van der Waals surface area contributed by atoms with Crippen LogP contribution in [0.4, 0.5) is 0 Å². The molecule has 0 unspecified atom stereocenters. The van der Waals surface area contributed by atoms with E-state index in [-0.39, 0.29) is 12.2 Å². The summed E-state index contributed by atoms with van der Waals surface area (Å²) in [6, 6.07) is 6.18. The van der Waals surface area contributed by atoms with Gasteiger partial charge in [0.2, 0.25) is 0 Å². The molecule has 0 atom stereocenters. The summed E-state index contributed by atoms with van der Waals surface area (Å²) in [6.07, 6.45) is 1.89. The molecule has 0 bridgehead atoms. The van der Waals surface area contributed by atoms with Gasteiger partial charge in [0.15, 0.2) is 11.5 Å². The van der Waals surface area contributed by atoms with Crippen molar-refractivity contribution in [3.8, 4) is 11.5 Å². The van der Waals surface area contributed by atoms with E-state index < -0.39 is 14.0 Å². The highest BCUT2D eigenvalue weighted by Gasteiger charge is 2.32. The van der Waals surface area contributed by atoms with Gasteiger partial charge in [-0.15, -0.1) is 0 Å². The standard InChI is InChI=1S/C19H30O6Si/c1-21-18-10-14(19(20)22-2)6-7-17(18)25-16-11-15(12-16)24-13-23-8-9-26(3,4)5/h6-7,10,15-16H,8-9,11-13H2,1-5H3/t15-,16-. The summed E-state index contributed by atoms with van der Waals surface area (Å²) in [7, 11) is 1.85. The SMILES string of the molecule is COC(=O)c1ccc(O[C@H]2C[C@H](OCOCC[Si](C)(C)C)C2)c(OC)c1. The first kappa shape index (κ1) is 20.7. The van der Waals surface area contributed by atoms with Gasteiger partial charge in [-0.25, -0.2) is 4.79 Å². The van der Waals surface area contributed by atoms with E-state index in [1.807, 2.05) is 0 Å². The molecule has 0 heterocycles. The van der Waals surface area contributed by atoms with E-state index in [0.717, 1.165) is 25.5 Å². The number of hydrogen-bond donors (Lipinski definition) is 0. The second kappa shape index (κ2) is 9.39. The molecule has 2 rings (SSSR count). The maximum atomic E-state index is 11.6. The minimum absolute atomic E-state index is 0.0832. The molecular weight excluding hydrogens is 352 g/mol. The van der Waals surface area contributed by atoms with Crippen LogP contribution in [-0.4, -0.2) is 53.9 Å². The van der Waals surface area contributed by atoms with Crippen LogP contribution in [0.3, 0.4) is 0 Å². The normalized spacial score (nSPS) is 19.6. The molecule has 0 aliphatic heterocycles. The third kappa shape index (κ3) is 6.30. The van der Waals surface area contributed by atoms with Crippen LogP contribution in [0.5, 0.6) is 11.5 Å². The largest absolute Gasteiger partial charge is 0.493 e. The number of ether oxygens (including phenoxy) is 5. The lowest BCUT2D eigenvalue weighted by Crippen LogP contribution is -2.40. The predicted molar refractivity (Wildman–Crippen MR) is 102 cm³/mol. The first-order valence-electron chi connectivity index (χ1n) is 8.95. The van der Waals surface area contributed by atoms with Crippen molar-refractivity contribution in [1.82, 2.24) is 0 Å². The maximum absolute atomic E-state index is 11.6. The molecule has 7 heteroatoms. The Kier molecular flexibility index (Phi) is 7.49. The fourth-order valence-corrected chi connectivity index (χ4v) is 3.28. The molecule has 1 aromatic carbocycles. The molecule has 6 nitrogen and oxygen atoms in total. The van der Waals surface area contributed by atoms with E-state index in [2.05, 4.69) is 19.6 Å². The molecule has 146 valence electrons. The average Bonchev–Trinajstić information content (AvgIpc) is 2.57. The number of methoxy groups -OCH3 is 2. The van der Waals surface area contributed by atoms with Gasteiger partial charge in [-0.3, -0.25) is 0 Å². The lowest BCUT2D eigenvalue weighted by molar-refractivity contribution is -0.134. The van der Waals surface area contributed by atoms with Crippen molar-refractivity contribution in [1.29, 1.82) is 0 Å². The van der Waals surface area contributed by atoms with Crippen LogP contribution in [0.1, 0.15) is 23.2 Å². The minimum Gasteiger partial charge on any atom is -0.493 e. The van der Waals surface area contributed by atoms with Gasteiger partial charge in [0.1, 0.15) is 12.9 Å². The van der Waals surface area contributed by atoms with Gasteiger partial charge < -0.3 is 23.7 Å². The Morgan fingerprint density at radius 2 is 1.85 bits per heavy atom. The third-order valence-corrected chi connectivity index (χ3v) is 6.02.